The van der Waals surface area contributed by atoms with E-state index in [1.165, 1.54) is 9.80 Å². The predicted molar refractivity (Wildman–Crippen MR) is 133 cm³/mol. The summed E-state index contributed by atoms with van der Waals surface area (Å²) in [4.78, 5) is 52.6. The number of fused-ring (bicyclic) bond motifs is 2. The number of rotatable bonds is 9. The van der Waals surface area contributed by atoms with Crippen molar-refractivity contribution in [3.8, 4) is 5.75 Å². The second kappa shape index (κ2) is 10.5. The molecule has 2 aromatic rings. The number of carbonyl (C=O) groups is 4. The molecule has 0 radical (unpaired) electrons. The molecule has 0 fully saturated rings. The first kappa shape index (κ1) is 25.4. The standard InChI is InChI=1S/C28H32N2O6/c1-28(2,3)36-24(31)18-29-15-13-19-17-20(11-12-21(19)25(29)32)35-16-8-4-7-14-30-26(33)22-9-5-6-10-23(22)27(30)34/h5-6,9-12,17H,4,7-8,13-16,18H2,1-3H3. The molecule has 4 rings (SSSR count). The summed E-state index contributed by atoms with van der Waals surface area (Å²) in [6, 6.07) is 12.3. The van der Waals surface area contributed by atoms with Crippen molar-refractivity contribution in [3.63, 3.8) is 0 Å². The third-order valence-electron chi connectivity index (χ3n) is 6.16. The quantitative estimate of drug-likeness (QED) is 0.300. The van der Waals surface area contributed by atoms with Crippen LogP contribution in [-0.2, 0) is 16.0 Å². The van der Waals surface area contributed by atoms with Crippen molar-refractivity contribution >= 4 is 23.7 Å². The lowest BCUT2D eigenvalue weighted by Crippen LogP contribution is -2.42. The van der Waals surface area contributed by atoms with Crippen LogP contribution >= 0.6 is 0 Å². The van der Waals surface area contributed by atoms with E-state index < -0.39 is 11.6 Å². The largest absolute Gasteiger partial charge is 0.494 e. The summed E-state index contributed by atoms with van der Waals surface area (Å²) in [5, 5.41) is 0. The highest BCUT2D eigenvalue weighted by atomic mass is 16.6. The minimum Gasteiger partial charge on any atom is -0.494 e. The van der Waals surface area contributed by atoms with Crippen molar-refractivity contribution < 1.29 is 28.7 Å². The molecule has 3 amide bonds. The topological polar surface area (TPSA) is 93.2 Å². The lowest BCUT2D eigenvalue weighted by atomic mass is 9.98. The molecule has 0 bridgehead atoms. The number of hydrogen-bond acceptors (Lipinski definition) is 6. The molecular formula is C28H32N2O6. The number of carbonyl (C=O) groups excluding carboxylic acids is 4. The van der Waals surface area contributed by atoms with E-state index in [1.807, 2.05) is 6.07 Å². The predicted octanol–water partition coefficient (Wildman–Crippen LogP) is 3.87. The van der Waals surface area contributed by atoms with Gasteiger partial charge in [-0.3, -0.25) is 24.1 Å². The van der Waals surface area contributed by atoms with Crippen molar-refractivity contribution in [3.05, 3.63) is 64.7 Å². The first-order valence-corrected chi connectivity index (χ1v) is 12.4. The Morgan fingerprint density at radius 3 is 2.25 bits per heavy atom. The first-order chi connectivity index (χ1) is 17.1. The molecule has 0 atom stereocenters. The molecule has 0 aromatic heterocycles. The van der Waals surface area contributed by atoms with E-state index >= 15 is 0 Å². The fourth-order valence-electron chi connectivity index (χ4n) is 4.46. The maximum absolute atomic E-state index is 12.8. The van der Waals surface area contributed by atoms with Gasteiger partial charge < -0.3 is 14.4 Å². The van der Waals surface area contributed by atoms with Gasteiger partial charge in [0.25, 0.3) is 17.7 Å². The Hall–Kier alpha value is -3.68. The van der Waals surface area contributed by atoms with Gasteiger partial charge in [-0.2, -0.15) is 0 Å². The Balaban J connectivity index is 1.20. The van der Waals surface area contributed by atoms with Crippen LogP contribution in [-0.4, -0.2) is 65.3 Å². The lowest BCUT2D eigenvalue weighted by Gasteiger charge is -2.29. The average molecular weight is 493 g/mol. The first-order valence-electron chi connectivity index (χ1n) is 12.4. The smallest absolute Gasteiger partial charge is 0.326 e. The molecule has 0 spiro atoms. The van der Waals surface area contributed by atoms with Crippen molar-refractivity contribution in [2.24, 2.45) is 0 Å². The minimum atomic E-state index is -0.588. The van der Waals surface area contributed by atoms with Gasteiger partial charge in [-0.25, -0.2) is 0 Å². The van der Waals surface area contributed by atoms with Gasteiger partial charge in [0.1, 0.15) is 17.9 Å². The molecule has 0 unspecified atom stereocenters. The van der Waals surface area contributed by atoms with Gasteiger partial charge in [-0.1, -0.05) is 12.1 Å². The minimum absolute atomic E-state index is 0.0610. The van der Waals surface area contributed by atoms with E-state index in [0.717, 1.165) is 18.4 Å². The summed E-state index contributed by atoms with van der Waals surface area (Å²) in [6.45, 7) is 6.69. The summed E-state index contributed by atoms with van der Waals surface area (Å²) in [7, 11) is 0. The molecule has 2 heterocycles. The fraction of sp³-hybridized carbons (Fsp3) is 0.429. The van der Waals surface area contributed by atoms with Crippen LogP contribution < -0.4 is 4.74 Å². The number of benzene rings is 2. The van der Waals surface area contributed by atoms with E-state index in [4.69, 9.17) is 9.47 Å². The second-order valence-electron chi connectivity index (χ2n) is 10.1. The molecule has 0 saturated carbocycles. The van der Waals surface area contributed by atoms with E-state index in [2.05, 4.69) is 0 Å². The van der Waals surface area contributed by atoms with E-state index in [1.54, 1.807) is 57.2 Å². The number of hydrogen-bond donors (Lipinski definition) is 0. The Kier molecular flexibility index (Phi) is 7.43. The van der Waals surface area contributed by atoms with E-state index in [-0.39, 0.29) is 24.3 Å². The molecule has 8 heteroatoms. The van der Waals surface area contributed by atoms with Crippen LogP contribution in [0.25, 0.3) is 0 Å². The van der Waals surface area contributed by atoms with Gasteiger partial charge in [0, 0.05) is 18.7 Å². The van der Waals surface area contributed by atoms with Gasteiger partial charge in [-0.15, -0.1) is 0 Å². The molecule has 0 N–H and O–H groups in total. The number of unbranched alkanes of at least 4 members (excludes halogenated alkanes) is 2. The molecule has 0 saturated heterocycles. The molecule has 2 aromatic carbocycles. The highest BCUT2D eigenvalue weighted by Crippen LogP contribution is 2.25. The SMILES string of the molecule is CC(C)(C)OC(=O)CN1CCc2cc(OCCCCCN3C(=O)c4ccccc4C3=O)ccc2C1=O. The summed E-state index contributed by atoms with van der Waals surface area (Å²) in [5.41, 5.74) is 1.85. The van der Waals surface area contributed by atoms with Crippen molar-refractivity contribution in [1.29, 1.82) is 0 Å². The monoisotopic (exact) mass is 492 g/mol. The third-order valence-corrected chi connectivity index (χ3v) is 6.16. The van der Waals surface area contributed by atoms with E-state index in [0.29, 0.717) is 55.0 Å². The molecule has 190 valence electrons. The molecule has 2 aliphatic heterocycles. The number of esters is 1. The lowest BCUT2D eigenvalue weighted by molar-refractivity contribution is -0.155. The summed E-state index contributed by atoms with van der Waals surface area (Å²) in [5.74, 6) is -0.341. The Bertz CT molecular complexity index is 1150. The number of imide groups is 1. The summed E-state index contributed by atoms with van der Waals surface area (Å²) < 4.78 is 11.2. The van der Waals surface area contributed by atoms with Crippen LogP contribution in [0, 0.1) is 0 Å². The number of nitrogens with zero attached hydrogens (tertiary/aromatic N) is 2. The zero-order valence-electron chi connectivity index (χ0n) is 21.0. The second-order valence-corrected chi connectivity index (χ2v) is 10.1. The summed E-state index contributed by atoms with van der Waals surface area (Å²) >= 11 is 0. The van der Waals surface area contributed by atoms with Crippen LogP contribution in [0.3, 0.4) is 0 Å². The van der Waals surface area contributed by atoms with Crippen molar-refractivity contribution in [2.45, 2.75) is 52.1 Å². The van der Waals surface area contributed by atoms with Crippen LogP contribution in [0.4, 0.5) is 0 Å². The average Bonchev–Trinajstić information content (AvgIpc) is 3.07. The van der Waals surface area contributed by atoms with E-state index in [9.17, 15) is 19.2 Å². The van der Waals surface area contributed by atoms with Crippen molar-refractivity contribution in [2.75, 3.05) is 26.2 Å². The number of amides is 3. The van der Waals surface area contributed by atoms with Gasteiger partial charge in [0.15, 0.2) is 0 Å². The van der Waals surface area contributed by atoms with Crippen LogP contribution in [0.1, 0.15) is 76.7 Å². The maximum atomic E-state index is 12.8. The zero-order chi connectivity index (χ0) is 25.9. The van der Waals surface area contributed by atoms with Gasteiger partial charge in [0.2, 0.25) is 0 Å². The normalized spacial score (nSPS) is 15.1. The number of ether oxygens (including phenoxy) is 2. The maximum Gasteiger partial charge on any atom is 0.326 e. The van der Waals surface area contributed by atoms with Gasteiger partial charge in [-0.05, 0) is 82.3 Å². The highest BCUT2D eigenvalue weighted by Gasteiger charge is 2.34. The van der Waals surface area contributed by atoms with Crippen LogP contribution in [0.5, 0.6) is 5.75 Å². The van der Waals surface area contributed by atoms with Crippen LogP contribution in [0.15, 0.2) is 42.5 Å². The Morgan fingerprint density at radius 2 is 1.58 bits per heavy atom. The molecule has 8 nitrogen and oxygen atoms in total. The van der Waals surface area contributed by atoms with Gasteiger partial charge in [0.05, 0.1) is 17.7 Å². The van der Waals surface area contributed by atoms with Crippen molar-refractivity contribution in [1.82, 2.24) is 9.80 Å². The fourth-order valence-corrected chi connectivity index (χ4v) is 4.46. The van der Waals surface area contributed by atoms with Gasteiger partial charge >= 0.3 is 5.97 Å². The molecule has 0 aliphatic carbocycles. The zero-order valence-corrected chi connectivity index (χ0v) is 21.0. The molecule has 2 aliphatic rings. The third kappa shape index (κ3) is 5.75. The summed E-state index contributed by atoms with van der Waals surface area (Å²) in [6.07, 6.45) is 2.95. The molecular weight excluding hydrogens is 460 g/mol. The highest BCUT2D eigenvalue weighted by molar-refractivity contribution is 6.21. The van der Waals surface area contributed by atoms with Crippen LogP contribution in [0.2, 0.25) is 0 Å². The molecule has 36 heavy (non-hydrogen) atoms. The Morgan fingerprint density at radius 1 is 0.889 bits per heavy atom. The Labute approximate surface area is 211 Å².